The summed E-state index contributed by atoms with van der Waals surface area (Å²) in [4.78, 5) is 4.62. The summed E-state index contributed by atoms with van der Waals surface area (Å²) < 4.78 is 5.45. The van der Waals surface area contributed by atoms with Gasteiger partial charge in [0.25, 0.3) is 0 Å². The van der Waals surface area contributed by atoms with Gasteiger partial charge >= 0.3 is 0 Å². The van der Waals surface area contributed by atoms with Crippen LogP contribution in [0.5, 0.6) is 5.75 Å². The molecule has 0 spiro atoms. The van der Waals surface area contributed by atoms with E-state index in [0.717, 1.165) is 22.8 Å². The number of hydrazone groups is 1. The third-order valence-corrected chi connectivity index (χ3v) is 3.77. The monoisotopic (exact) mass is 415 g/mol. The molecule has 0 aliphatic rings. The second-order valence-electron chi connectivity index (χ2n) is 6.12. The van der Waals surface area contributed by atoms with E-state index in [1.807, 2.05) is 68.5 Å². The Hall–Kier alpha value is -2.99. The molecule has 2 aromatic carbocycles. The maximum absolute atomic E-state index is 6.25. The van der Waals surface area contributed by atoms with Crippen LogP contribution in [-0.4, -0.2) is 18.3 Å². The molecule has 0 atom stereocenters. The number of hydrogen-bond acceptors (Lipinski definition) is 4. The summed E-state index contributed by atoms with van der Waals surface area (Å²) in [7, 11) is 0. The van der Waals surface area contributed by atoms with Crippen molar-refractivity contribution in [3.63, 3.8) is 0 Å². The highest BCUT2D eigenvalue weighted by molar-refractivity contribution is 6.32. The van der Waals surface area contributed by atoms with Crippen LogP contribution in [0, 0.1) is 0 Å². The lowest BCUT2D eigenvalue weighted by molar-refractivity contribution is 0.375. The number of nitrogens with one attached hydrogen (secondary N) is 1. The van der Waals surface area contributed by atoms with E-state index >= 15 is 0 Å². The second kappa shape index (κ2) is 13.2. The van der Waals surface area contributed by atoms with E-state index in [-0.39, 0.29) is 12.4 Å². The highest BCUT2D eigenvalue weighted by Gasteiger charge is 2.05. The van der Waals surface area contributed by atoms with Gasteiger partial charge < -0.3 is 21.6 Å². The first-order valence-electron chi connectivity index (χ1n) is 9.43. The number of rotatable bonds is 6. The summed E-state index contributed by atoms with van der Waals surface area (Å²) >= 11 is 6.25. The van der Waals surface area contributed by atoms with E-state index in [4.69, 9.17) is 27.9 Å². The Bertz CT molecular complexity index is 845. The molecule has 5 N–H and O–H groups in total. The van der Waals surface area contributed by atoms with E-state index in [0.29, 0.717) is 10.8 Å². The summed E-state index contributed by atoms with van der Waals surface area (Å²) in [5.41, 5.74) is 8.07. The Labute approximate surface area is 178 Å². The molecule has 156 valence electrons. The first kappa shape index (κ1) is 24.0. The Morgan fingerprint density at radius 2 is 1.76 bits per heavy atom. The smallest absolute Gasteiger partial charge is 0.157 e. The standard InChI is InChI=1S/C19H22ClN5O.C3H8/c1-3-18(16-6-4-5-7-17(16)20)24-13(2)23-14-8-10-15(11-9-14)26-12-19(21)25-22;1-3-2/h3-11H,12,22H2,1-2H3,(H2,21,25)(H,23,24);3H2,1-2H3/b18-3-;. The minimum atomic E-state index is 0.145. The number of ether oxygens (including phenoxy) is 1. The maximum atomic E-state index is 6.25. The van der Waals surface area contributed by atoms with Crippen molar-refractivity contribution in [3.05, 3.63) is 65.2 Å². The van der Waals surface area contributed by atoms with Crippen LogP contribution in [0.1, 0.15) is 39.7 Å². The van der Waals surface area contributed by atoms with Gasteiger partial charge in [0.15, 0.2) is 5.84 Å². The predicted molar refractivity (Wildman–Crippen MR) is 126 cm³/mol. The van der Waals surface area contributed by atoms with E-state index in [1.165, 1.54) is 6.42 Å². The topological polar surface area (TPSA) is 98.0 Å². The minimum Gasteiger partial charge on any atom is -0.486 e. The van der Waals surface area contributed by atoms with Gasteiger partial charge in [-0.05, 0) is 44.2 Å². The Morgan fingerprint density at radius 1 is 1.14 bits per heavy atom. The zero-order valence-corrected chi connectivity index (χ0v) is 18.2. The number of aliphatic imine (C=N–C) groups is 1. The highest BCUT2D eigenvalue weighted by Crippen LogP contribution is 2.25. The van der Waals surface area contributed by atoms with Gasteiger partial charge in [-0.25, -0.2) is 4.99 Å². The number of halogens is 1. The number of amidine groups is 2. The Morgan fingerprint density at radius 3 is 2.31 bits per heavy atom. The van der Waals surface area contributed by atoms with E-state index in [9.17, 15) is 0 Å². The van der Waals surface area contributed by atoms with Crippen LogP contribution in [0.4, 0.5) is 5.69 Å². The first-order valence-corrected chi connectivity index (χ1v) is 9.81. The summed E-state index contributed by atoms with van der Waals surface area (Å²) in [6.45, 7) is 8.22. The van der Waals surface area contributed by atoms with Crippen molar-refractivity contribution in [2.45, 2.75) is 34.1 Å². The summed E-state index contributed by atoms with van der Waals surface area (Å²) in [5, 5.41) is 7.26. The van der Waals surface area contributed by atoms with Crippen molar-refractivity contribution in [3.8, 4) is 5.75 Å². The molecule has 0 radical (unpaired) electrons. The third kappa shape index (κ3) is 8.70. The Kier molecular flexibility index (Phi) is 11.0. The molecule has 0 saturated carbocycles. The van der Waals surface area contributed by atoms with Gasteiger partial charge in [0.2, 0.25) is 0 Å². The fourth-order valence-electron chi connectivity index (χ4n) is 2.20. The molecule has 0 bridgehead atoms. The lowest BCUT2D eigenvalue weighted by Crippen LogP contribution is -2.22. The Balaban J connectivity index is 0.00000132. The van der Waals surface area contributed by atoms with Gasteiger partial charge in [0, 0.05) is 16.3 Å². The molecule has 0 fully saturated rings. The maximum Gasteiger partial charge on any atom is 0.157 e. The molecule has 6 nitrogen and oxygen atoms in total. The zero-order valence-electron chi connectivity index (χ0n) is 17.4. The number of nitrogens with two attached hydrogens (primary N) is 2. The summed E-state index contributed by atoms with van der Waals surface area (Å²) in [6.07, 6.45) is 3.17. The lowest BCUT2D eigenvalue weighted by atomic mass is 10.1. The number of nitrogens with zero attached hydrogens (tertiary/aromatic N) is 2. The molecule has 7 heteroatoms. The first-order chi connectivity index (χ1) is 13.9. The molecule has 0 aliphatic heterocycles. The van der Waals surface area contributed by atoms with Gasteiger partial charge in [-0.2, -0.15) is 5.10 Å². The van der Waals surface area contributed by atoms with Crippen LogP contribution in [0.25, 0.3) is 5.70 Å². The SMILES string of the molecule is C/C=C(\N=C(C)Nc1ccc(OC/C(N)=N/N)cc1)c1ccccc1Cl.CCC. The summed E-state index contributed by atoms with van der Waals surface area (Å²) in [5.74, 6) is 6.71. The fourth-order valence-corrected chi connectivity index (χ4v) is 2.43. The largest absolute Gasteiger partial charge is 0.486 e. The van der Waals surface area contributed by atoms with E-state index < -0.39 is 0 Å². The molecule has 0 saturated heterocycles. The highest BCUT2D eigenvalue weighted by atomic mass is 35.5. The van der Waals surface area contributed by atoms with Crippen molar-refractivity contribution >= 4 is 34.7 Å². The number of benzene rings is 2. The quantitative estimate of drug-likeness (QED) is 0.259. The second-order valence-corrected chi connectivity index (χ2v) is 6.52. The molecule has 2 rings (SSSR count). The van der Waals surface area contributed by atoms with Gasteiger partial charge in [-0.3, -0.25) is 0 Å². The number of hydrogen-bond donors (Lipinski definition) is 3. The normalized spacial score (nSPS) is 12.1. The number of anilines is 1. The van der Waals surface area contributed by atoms with Crippen LogP contribution in [-0.2, 0) is 0 Å². The average Bonchev–Trinajstić information content (AvgIpc) is 2.72. The fraction of sp³-hybridized carbons (Fsp3) is 0.273. The number of allylic oxidation sites excluding steroid dienone is 1. The van der Waals surface area contributed by atoms with Crippen LogP contribution in [0.3, 0.4) is 0 Å². The summed E-state index contributed by atoms with van der Waals surface area (Å²) in [6, 6.07) is 15.0. The predicted octanol–water partition coefficient (Wildman–Crippen LogP) is 5.26. The minimum absolute atomic E-state index is 0.145. The van der Waals surface area contributed by atoms with Crippen molar-refractivity contribution in [2.75, 3.05) is 11.9 Å². The molecule has 0 heterocycles. The average molecular weight is 416 g/mol. The van der Waals surface area contributed by atoms with Crippen LogP contribution in [0.2, 0.25) is 5.02 Å². The molecule has 2 aromatic rings. The molecule has 0 amide bonds. The van der Waals surface area contributed by atoms with Gasteiger partial charge in [0.05, 0.1) is 5.70 Å². The molecular weight excluding hydrogens is 386 g/mol. The van der Waals surface area contributed by atoms with Crippen molar-refractivity contribution in [1.29, 1.82) is 0 Å². The van der Waals surface area contributed by atoms with Crippen molar-refractivity contribution in [2.24, 2.45) is 21.7 Å². The molecular formula is C22H30ClN5O. The van der Waals surface area contributed by atoms with Crippen LogP contribution < -0.4 is 21.6 Å². The van der Waals surface area contributed by atoms with Gasteiger partial charge in [-0.15, -0.1) is 0 Å². The molecule has 0 unspecified atom stereocenters. The third-order valence-electron chi connectivity index (χ3n) is 3.44. The van der Waals surface area contributed by atoms with Crippen molar-refractivity contribution < 1.29 is 4.74 Å². The van der Waals surface area contributed by atoms with E-state index in [1.54, 1.807) is 0 Å². The molecule has 0 aromatic heterocycles. The van der Waals surface area contributed by atoms with E-state index in [2.05, 4.69) is 29.3 Å². The van der Waals surface area contributed by atoms with Crippen molar-refractivity contribution in [1.82, 2.24) is 0 Å². The molecule has 29 heavy (non-hydrogen) atoms. The zero-order chi connectivity index (χ0) is 21.6. The lowest BCUT2D eigenvalue weighted by Gasteiger charge is -2.10. The molecule has 0 aliphatic carbocycles. The van der Waals surface area contributed by atoms with Gasteiger partial charge in [0.1, 0.15) is 18.2 Å². The van der Waals surface area contributed by atoms with Crippen LogP contribution >= 0.6 is 11.6 Å². The van der Waals surface area contributed by atoms with Gasteiger partial charge in [-0.1, -0.05) is 56.1 Å². The van der Waals surface area contributed by atoms with Crippen LogP contribution in [0.15, 0.2) is 64.7 Å².